The van der Waals surface area contributed by atoms with Crippen LogP contribution in [-0.2, 0) is 31.4 Å². The van der Waals surface area contributed by atoms with Gasteiger partial charge in [-0.15, -0.1) is 0 Å². The molecule has 25 heavy (non-hydrogen) atoms. The second-order valence-corrected chi connectivity index (χ2v) is 8.74. The summed E-state index contributed by atoms with van der Waals surface area (Å²) in [6, 6.07) is 7.76. The Morgan fingerprint density at radius 3 is 2.24 bits per heavy atom. The molecule has 9 nitrogen and oxygen atoms in total. The summed E-state index contributed by atoms with van der Waals surface area (Å²) in [5.74, 6) is 0.0288. The fourth-order valence-electron chi connectivity index (χ4n) is 1.92. The van der Waals surface area contributed by atoms with Crippen LogP contribution in [0.1, 0.15) is 5.76 Å². The topological polar surface area (TPSA) is 140 Å². The van der Waals surface area contributed by atoms with Gasteiger partial charge in [-0.05, 0) is 36.4 Å². The third kappa shape index (κ3) is 4.89. The maximum Gasteiger partial charge on any atom is 0.243 e. The highest BCUT2D eigenvalue weighted by molar-refractivity contribution is 7.89. The number of nitrogens with zero attached hydrogens (tertiary/aromatic N) is 1. The summed E-state index contributed by atoms with van der Waals surface area (Å²) in [6.07, 6.45) is 1.46. The molecule has 0 saturated heterocycles. The minimum absolute atomic E-state index is 0.142. The second kappa shape index (κ2) is 7.35. The van der Waals surface area contributed by atoms with Crippen LogP contribution >= 0.6 is 0 Å². The smallest absolute Gasteiger partial charge is 0.243 e. The fourth-order valence-corrected chi connectivity index (χ4v) is 3.57. The Morgan fingerprint density at radius 2 is 1.72 bits per heavy atom. The van der Waals surface area contributed by atoms with Crippen LogP contribution in [0, 0.1) is 0 Å². The molecular weight excluding hydrogens is 370 g/mol. The first-order chi connectivity index (χ1) is 11.6. The largest absolute Gasteiger partial charge is 0.467 e. The Morgan fingerprint density at radius 1 is 1.12 bits per heavy atom. The molecule has 0 radical (unpaired) electrons. The lowest BCUT2D eigenvalue weighted by Gasteiger charge is -2.17. The van der Waals surface area contributed by atoms with Gasteiger partial charge in [0, 0.05) is 7.05 Å². The Balaban J connectivity index is 2.04. The molecule has 2 rings (SSSR count). The van der Waals surface area contributed by atoms with Crippen molar-refractivity contribution in [2.24, 2.45) is 5.14 Å². The van der Waals surface area contributed by atoms with E-state index in [1.807, 2.05) is 0 Å². The van der Waals surface area contributed by atoms with E-state index in [0.29, 0.717) is 5.76 Å². The van der Waals surface area contributed by atoms with Crippen LogP contribution in [0.2, 0.25) is 0 Å². The van der Waals surface area contributed by atoms with E-state index in [4.69, 9.17) is 9.56 Å². The van der Waals surface area contributed by atoms with Gasteiger partial charge in [0.1, 0.15) is 5.76 Å². The van der Waals surface area contributed by atoms with Crippen molar-refractivity contribution >= 4 is 26.0 Å². The predicted octanol–water partition coefficient (Wildman–Crippen LogP) is -0.136. The molecule has 0 fully saturated rings. The standard InChI is InChI=1S/C14H17N3O6S2/c1-17(10-14(18)16-9-11-3-2-8-23-11)25(21,22)13-6-4-12(5-7-13)24(15,19)20/h2-8H,9-10H2,1H3,(H,16,18)(H2,15,19,20). The van der Waals surface area contributed by atoms with E-state index in [1.165, 1.54) is 13.3 Å². The monoisotopic (exact) mass is 387 g/mol. The molecule has 3 N–H and O–H groups in total. The first-order valence-corrected chi connectivity index (χ1v) is 9.97. The summed E-state index contributed by atoms with van der Waals surface area (Å²) < 4.78 is 53.1. The van der Waals surface area contributed by atoms with Crippen LogP contribution in [0.3, 0.4) is 0 Å². The number of hydrogen-bond donors (Lipinski definition) is 2. The van der Waals surface area contributed by atoms with Crippen molar-refractivity contribution in [1.82, 2.24) is 9.62 Å². The van der Waals surface area contributed by atoms with Crippen molar-refractivity contribution in [2.45, 2.75) is 16.3 Å². The number of furan rings is 1. The first kappa shape index (κ1) is 19.1. The van der Waals surface area contributed by atoms with Crippen molar-refractivity contribution in [2.75, 3.05) is 13.6 Å². The van der Waals surface area contributed by atoms with Gasteiger partial charge in [0.25, 0.3) is 0 Å². The molecule has 11 heteroatoms. The zero-order valence-electron chi connectivity index (χ0n) is 13.2. The van der Waals surface area contributed by atoms with Gasteiger partial charge in [0.2, 0.25) is 26.0 Å². The van der Waals surface area contributed by atoms with Gasteiger partial charge in [0.05, 0.1) is 29.1 Å². The molecule has 1 heterocycles. The summed E-state index contributed by atoms with van der Waals surface area (Å²) >= 11 is 0. The molecule has 0 atom stereocenters. The van der Waals surface area contributed by atoms with E-state index in [9.17, 15) is 21.6 Å². The zero-order chi connectivity index (χ0) is 18.7. The Hall–Kier alpha value is -2.21. The first-order valence-electron chi connectivity index (χ1n) is 6.99. The van der Waals surface area contributed by atoms with E-state index in [0.717, 1.165) is 28.6 Å². The number of nitrogens with one attached hydrogen (secondary N) is 1. The quantitative estimate of drug-likeness (QED) is 0.678. The predicted molar refractivity (Wildman–Crippen MR) is 88.2 cm³/mol. The molecule has 1 aromatic heterocycles. The number of benzene rings is 1. The van der Waals surface area contributed by atoms with E-state index in [-0.39, 0.29) is 16.3 Å². The van der Waals surface area contributed by atoms with Crippen molar-refractivity contribution in [1.29, 1.82) is 0 Å². The maximum atomic E-state index is 12.4. The molecule has 136 valence electrons. The maximum absolute atomic E-state index is 12.4. The van der Waals surface area contributed by atoms with Crippen molar-refractivity contribution in [3.05, 3.63) is 48.4 Å². The number of primary sulfonamides is 1. The van der Waals surface area contributed by atoms with Crippen molar-refractivity contribution in [3.63, 3.8) is 0 Å². The molecule has 0 saturated carbocycles. The van der Waals surface area contributed by atoms with Gasteiger partial charge in [-0.25, -0.2) is 22.0 Å². The highest BCUT2D eigenvalue weighted by atomic mass is 32.2. The zero-order valence-corrected chi connectivity index (χ0v) is 14.9. The van der Waals surface area contributed by atoms with Crippen LogP contribution in [0.5, 0.6) is 0 Å². The Labute approximate surface area is 145 Å². The van der Waals surface area contributed by atoms with Gasteiger partial charge in [0.15, 0.2) is 0 Å². The molecule has 2 aromatic rings. The minimum atomic E-state index is -3.95. The number of sulfonamides is 2. The average molecular weight is 387 g/mol. The van der Waals surface area contributed by atoms with Crippen LogP contribution < -0.4 is 10.5 Å². The lowest BCUT2D eigenvalue weighted by atomic mass is 10.4. The number of nitrogens with two attached hydrogens (primary N) is 1. The van der Waals surface area contributed by atoms with E-state index >= 15 is 0 Å². The summed E-state index contributed by atoms with van der Waals surface area (Å²) in [6.45, 7) is -0.261. The number of rotatable bonds is 7. The molecule has 0 aliphatic heterocycles. The van der Waals surface area contributed by atoms with Gasteiger partial charge in [-0.2, -0.15) is 4.31 Å². The Kier molecular flexibility index (Phi) is 5.62. The van der Waals surface area contributed by atoms with Gasteiger partial charge >= 0.3 is 0 Å². The number of likely N-dealkylation sites (N-methyl/N-ethyl adjacent to an activating group) is 1. The van der Waals surface area contributed by atoms with Gasteiger partial charge in [-0.1, -0.05) is 0 Å². The highest BCUT2D eigenvalue weighted by Crippen LogP contribution is 2.16. The molecule has 0 aliphatic carbocycles. The molecule has 0 unspecified atom stereocenters. The molecule has 0 spiro atoms. The molecular formula is C14H17N3O6S2. The van der Waals surface area contributed by atoms with Gasteiger partial charge < -0.3 is 9.73 Å². The second-order valence-electron chi connectivity index (χ2n) is 5.13. The number of carbonyl (C=O) groups excluding carboxylic acids is 1. The molecule has 1 aromatic carbocycles. The van der Waals surface area contributed by atoms with Crippen LogP contribution in [-0.4, -0.2) is 40.6 Å². The van der Waals surface area contributed by atoms with Crippen LogP contribution in [0.4, 0.5) is 0 Å². The highest BCUT2D eigenvalue weighted by Gasteiger charge is 2.23. The lowest BCUT2D eigenvalue weighted by Crippen LogP contribution is -2.38. The average Bonchev–Trinajstić information content (AvgIpc) is 3.05. The fraction of sp³-hybridized carbons (Fsp3) is 0.214. The van der Waals surface area contributed by atoms with E-state index < -0.39 is 32.5 Å². The third-order valence-corrected chi connectivity index (χ3v) is 6.01. The lowest BCUT2D eigenvalue weighted by molar-refractivity contribution is -0.121. The third-order valence-electron chi connectivity index (χ3n) is 3.27. The summed E-state index contributed by atoms with van der Waals surface area (Å²) in [5, 5.41) is 7.50. The number of hydrogen-bond acceptors (Lipinski definition) is 6. The molecule has 0 aliphatic rings. The van der Waals surface area contributed by atoms with Crippen molar-refractivity contribution in [3.8, 4) is 0 Å². The number of carbonyl (C=O) groups is 1. The summed E-state index contributed by atoms with van der Waals surface area (Å²) in [4.78, 5) is 11.5. The Bertz CT molecular complexity index is 935. The van der Waals surface area contributed by atoms with E-state index in [2.05, 4.69) is 5.32 Å². The van der Waals surface area contributed by atoms with Crippen molar-refractivity contribution < 1.29 is 26.0 Å². The summed E-state index contributed by atoms with van der Waals surface area (Å²) in [7, 11) is -6.62. The molecule has 0 bridgehead atoms. The normalized spacial score (nSPS) is 12.3. The summed E-state index contributed by atoms with van der Waals surface area (Å²) in [5.41, 5.74) is 0. The van der Waals surface area contributed by atoms with Gasteiger partial charge in [-0.3, -0.25) is 4.79 Å². The minimum Gasteiger partial charge on any atom is -0.467 e. The van der Waals surface area contributed by atoms with E-state index in [1.54, 1.807) is 12.1 Å². The van der Waals surface area contributed by atoms with Crippen LogP contribution in [0.25, 0.3) is 0 Å². The molecule has 1 amide bonds. The van der Waals surface area contributed by atoms with Crippen LogP contribution in [0.15, 0.2) is 56.9 Å². The SMILES string of the molecule is CN(CC(=O)NCc1ccco1)S(=O)(=O)c1ccc(S(N)(=O)=O)cc1. The number of amides is 1.